The van der Waals surface area contributed by atoms with Gasteiger partial charge >= 0.3 is 0 Å². The zero-order valence-electron chi connectivity index (χ0n) is 10.9. The summed E-state index contributed by atoms with van der Waals surface area (Å²) in [5, 5.41) is 3.52. The molecule has 0 radical (unpaired) electrons. The molecule has 14 heavy (non-hydrogen) atoms. The standard InChI is InChI=1S/C12H28N2/c1-7-9-14(11(3)4)10-12(5,6)13-8-2/h11,13H,7-10H2,1-6H3. The molecule has 0 aliphatic heterocycles. The molecule has 2 nitrogen and oxygen atoms in total. The van der Waals surface area contributed by atoms with Crippen molar-refractivity contribution in [2.45, 2.75) is 59.5 Å². The summed E-state index contributed by atoms with van der Waals surface area (Å²) in [6.45, 7) is 16.9. The molecular formula is C12H28N2. The molecule has 0 fully saturated rings. The van der Waals surface area contributed by atoms with Crippen molar-refractivity contribution >= 4 is 0 Å². The molecule has 0 heterocycles. The largest absolute Gasteiger partial charge is 0.311 e. The molecule has 0 aromatic rings. The second kappa shape index (κ2) is 6.41. The summed E-state index contributed by atoms with van der Waals surface area (Å²) in [5.74, 6) is 0. The first-order chi connectivity index (χ1) is 6.43. The van der Waals surface area contributed by atoms with E-state index in [-0.39, 0.29) is 5.54 Å². The lowest BCUT2D eigenvalue weighted by Crippen LogP contribution is -2.51. The van der Waals surface area contributed by atoms with E-state index >= 15 is 0 Å². The maximum atomic E-state index is 3.52. The summed E-state index contributed by atoms with van der Waals surface area (Å²) >= 11 is 0. The predicted molar refractivity (Wildman–Crippen MR) is 64.8 cm³/mol. The third kappa shape index (κ3) is 5.61. The van der Waals surface area contributed by atoms with Crippen LogP contribution in [0, 0.1) is 0 Å². The van der Waals surface area contributed by atoms with Crippen LogP contribution >= 0.6 is 0 Å². The van der Waals surface area contributed by atoms with E-state index in [1.54, 1.807) is 0 Å². The highest BCUT2D eigenvalue weighted by Crippen LogP contribution is 2.09. The fraction of sp³-hybridized carbons (Fsp3) is 1.00. The number of likely N-dealkylation sites (N-methyl/N-ethyl adjacent to an activating group) is 1. The Morgan fingerprint density at radius 1 is 1.21 bits per heavy atom. The zero-order chi connectivity index (χ0) is 11.2. The lowest BCUT2D eigenvalue weighted by Gasteiger charge is -2.35. The quantitative estimate of drug-likeness (QED) is 0.679. The van der Waals surface area contributed by atoms with Crippen LogP contribution in [0.4, 0.5) is 0 Å². The second-order valence-electron chi connectivity index (χ2n) is 4.98. The lowest BCUT2D eigenvalue weighted by molar-refractivity contribution is 0.166. The van der Waals surface area contributed by atoms with Gasteiger partial charge in [0, 0.05) is 18.1 Å². The summed E-state index contributed by atoms with van der Waals surface area (Å²) in [4.78, 5) is 2.54. The number of nitrogens with one attached hydrogen (secondary N) is 1. The fourth-order valence-electron chi connectivity index (χ4n) is 1.85. The van der Waals surface area contributed by atoms with Crippen molar-refractivity contribution in [3.63, 3.8) is 0 Å². The molecule has 0 atom stereocenters. The number of hydrogen-bond donors (Lipinski definition) is 1. The summed E-state index contributed by atoms with van der Waals surface area (Å²) in [7, 11) is 0. The van der Waals surface area contributed by atoms with Crippen molar-refractivity contribution in [3.05, 3.63) is 0 Å². The Labute approximate surface area is 90.1 Å². The van der Waals surface area contributed by atoms with Crippen LogP contribution in [-0.2, 0) is 0 Å². The minimum Gasteiger partial charge on any atom is -0.311 e. The van der Waals surface area contributed by atoms with Crippen LogP contribution in [0.2, 0.25) is 0 Å². The first-order valence-corrected chi connectivity index (χ1v) is 5.92. The second-order valence-corrected chi connectivity index (χ2v) is 4.98. The van der Waals surface area contributed by atoms with Crippen LogP contribution in [0.25, 0.3) is 0 Å². The average molecular weight is 200 g/mol. The van der Waals surface area contributed by atoms with Crippen molar-refractivity contribution in [2.75, 3.05) is 19.6 Å². The molecule has 2 heteroatoms. The van der Waals surface area contributed by atoms with E-state index in [4.69, 9.17) is 0 Å². The van der Waals surface area contributed by atoms with Gasteiger partial charge in [0.05, 0.1) is 0 Å². The topological polar surface area (TPSA) is 15.3 Å². The van der Waals surface area contributed by atoms with Crippen molar-refractivity contribution < 1.29 is 0 Å². The summed E-state index contributed by atoms with van der Waals surface area (Å²) in [6, 6.07) is 0.646. The molecule has 0 spiro atoms. The Hall–Kier alpha value is -0.0800. The molecule has 1 N–H and O–H groups in total. The van der Waals surface area contributed by atoms with Gasteiger partial charge in [-0.25, -0.2) is 0 Å². The molecule has 0 bridgehead atoms. The fourth-order valence-corrected chi connectivity index (χ4v) is 1.85. The van der Waals surface area contributed by atoms with Crippen LogP contribution in [0.5, 0.6) is 0 Å². The van der Waals surface area contributed by atoms with Crippen LogP contribution in [0.15, 0.2) is 0 Å². The average Bonchev–Trinajstić information content (AvgIpc) is 2.02. The lowest BCUT2D eigenvalue weighted by atomic mass is 10.0. The van der Waals surface area contributed by atoms with E-state index in [1.807, 2.05) is 0 Å². The third-order valence-corrected chi connectivity index (χ3v) is 2.49. The maximum Gasteiger partial charge on any atom is 0.0252 e. The normalized spacial score (nSPS) is 12.9. The van der Waals surface area contributed by atoms with Crippen LogP contribution in [0.3, 0.4) is 0 Å². The molecule has 0 amide bonds. The Balaban J connectivity index is 4.13. The van der Waals surface area contributed by atoms with E-state index in [2.05, 4.69) is 51.8 Å². The highest BCUT2D eigenvalue weighted by Gasteiger charge is 2.21. The van der Waals surface area contributed by atoms with E-state index in [0.717, 1.165) is 13.1 Å². The Kier molecular flexibility index (Phi) is 6.38. The Morgan fingerprint density at radius 3 is 2.14 bits per heavy atom. The van der Waals surface area contributed by atoms with Gasteiger partial charge in [0.25, 0.3) is 0 Å². The van der Waals surface area contributed by atoms with Gasteiger partial charge in [0.15, 0.2) is 0 Å². The highest BCUT2D eigenvalue weighted by atomic mass is 15.2. The molecule has 0 saturated heterocycles. The van der Waals surface area contributed by atoms with Crippen molar-refractivity contribution in [1.29, 1.82) is 0 Å². The number of rotatable bonds is 7. The molecular weight excluding hydrogens is 172 g/mol. The molecule has 0 aromatic carbocycles. The first-order valence-electron chi connectivity index (χ1n) is 5.92. The van der Waals surface area contributed by atoms with Gasteiger partial charge < -0.3 is 5.32 Å². The molecule has 0 unspecified atom stereocenters. The van der Waals surface area contributed by atoms with Gasteiger partial charge in [-0.15, -0.1) is 0 Å². The third-order valence-electron chi connectivity index (χ3n) is 2.49. The Morgan fingerprint density at radius 2 is 1.79 bits per heavy atom. The van der Waals surface area contributed by atoms with E-state index in [9.17, 15) is 0 Å². The number of nitrogens with zero attached hydrogens (tertiary/aromatic N) is 1. The van der Waals surface area contributed by atoms with E-state index in [1.165, 1.54) is 13.0 Å². The van der Waals surface area contributed by atoms with E-state index in [0.29, 0.717) is 6.04 Å². The van der Waals surface area contributed by atoms with Gasteiger partial charge in [0.2, 0.25) is 0 Å². The zero-order valence-corrected chi connectivity index (χ0v) is 10.9. The van der Waals surface area contributed by atoms with E-state index < -0.39 is 0 Å². The predicted octanol–water partition coefficient (Wildman–Crippen LogP) is 2.49. The summed E-state index contributed by atoms with van der Waals surface area (Å²) in [6.07, 6.45) is 1.24. The number of hydrogen-bond acceptors (Lipinski definition) is 2. The van der Waals surface area contributed by atoms with Crippen molar-refractivity contribution in [2.24, 2.45) is 0 Å². The molecule has 0 aliphatic carbocycles. The van der Waals surface area contributed by atoms with Gasteiger partial charge in [0.1, 0.15) is 0 Å². The SMILES string of the molecule is CCCN(CC(C)(C)NCC)C(C)C. The minimum atomic E-state index is 0.230. The van der Waals surface area contributed by atoms with Crippen LogP contribution in [0.1, 0.15) is 48.0 Å². The highest BCUT2D eigenvalue weighted by molar-refractivity contribution is 4.82. The first kappa shape index (κ1) is 13.9. The van der Waals surface area contributed by atoms with Gasteiger partial charge in [-0.05, 0) is 47.2 Å². The molecule has 0 aliphatic rings. The summed E-state index contributed by atoms with van der Waals surface area (Å²) in [5.41, 5.74) is 0.230. The maximum absolute atomic E-state index is 3.52. The smallest absolute Gasteiger partial charge is 0.0252 e. The summed E-state index contributed by atoms with van der Waals surface area (Å²) < 4.78 is 0. The monoisotopic (exact) mass is 200 g/mol. The molecule has 86 valence electrons. The van der Waals surface area contributed by atoms with Crippen LogP contribution in [-0.4, -0.2) is 36.1 Å². The van der Waals surface area contributed by atoms with Gasteiger partial charge in [-0.3, -0.25) is 4.90 Å². The van der Waals surface area contributed by atoms with Crippen molar-refractivity contribution in [3.8, 4) is 0 Å². The Bertz CT molecular complexity index is 141. The molecule has 0 saturated carbocycles. The van der Waals surface area contributed by atoms with Gasteiger partial charge in [-0.2, -0.15) is 0 Å². The minimum absolute atomic E-state index is 0.230. The van der Waals surface area contributed by atoms with Crippen molar-refractivity contribution in [1.82, 2.24) is 10.2 Å². The molecule has 0 aromatic heterocycles. The van der Waals surface area contributed by atoms with Crippen LogP contribution < -0.4 is 5.32 Å². The van der Waals surface area contributed by atoms with Gasteiger partial charge in [-0.1, -0.05) is 13.8 Å². The molecule has 0 rings (SSSR count).